The Kier molecular flexibility index (Phi) is 5.16. The largest absolute Gasteiger partial charge is 0.444 e. The standard InChI is InChI=1S/C24H28ClN3O3/c1-15-19(7-6-8-20(15)25)24(13-28(14-24)22(30)31-23(2,3)4)26-17-10-9-16-12-27(5)21(29)18(16)11-17/h6-11,26H,12-14H2,1-5H3. The van der Waals surface area contributed by atoms with Crippen LogP contribution in [0.25, 0.3) is 0 Å². The summed E-state index contributed by atoms with van der Waals surface area (Å²) in [6, 6.07) is 11.7. The van der Waals surface area contributed by atoms with Gasteiger partial charge < -0.3 is 19.9 Å². The maximum absolute atomic E-state index is 12.6. The van der Waals surface area contributed by atoms with E-state index < -0.39 is 11.1 Å². The number of rotatable bonds is 3. The van der Waals surface area contributed by atoms with Crippen LogP contribution in [-0.4, -0.2) is 47.5 Å². The molecule has 2 aromatic carbocycles. The van der Waals surface area contributed by atoms with Gasteiger partial charge in [0.25, 0.3) is 5.91 Å². The predicted octanol–water partition coefficient (Wildman–Crippen LogP) is 4.79. The Morgan fingerprint density at radius 1 is 1.19 bits per heavy atom. The summed E-state index contributed by atoms with van der Waals surface area (Å²) in [6.45, 7) is 9.06. The van der Waals surface area contributed by atoms with Crippen LogP contribution in [0.15, 0.2) is 36.4 Å². The fourth-order valence-electron chi connectivity index (χ4n) is 4.30. The first-order valence-corrected chi connectivity index (χ1v) is 10.8. The van der Waals surface area contributed by atoms with Crippen LogP contribution in [0.4, 0.5) is 10.5 Å². The number of hydrogen-bond acceptors (Lipinski definition) is 4. The molecule has 0 unspecified atom stereocenters. The van der Waals surface area contributed by atoms with E-state index in [-0.39, 0.29) is 12.0 Å². The van der Waals surface area contributed by atoms with Gasteiger partial charge in [0.1, 0.15) is 5.60 Å². The van der Waals surface area contributed by atoms with E-state index in [1.54, 1.807) is 16.8 Å². The second kappa shape index (κ2) is 7.45. The number of carbonyl (C=O) groups excluding carboxylic acids is 2. The third-order valence-corrected chi connectivity index (χ3v) is 6.24. The molecule has 4 rings (SSSR count). The van der Waals surface area contributed by atoms with Crippen molar-refractivity contribution in [3.63, 3.8) is 0 Å². The molecule has 2 aliphatic heterocycles. The van der Waals surface area contributed by atoms with E-state index in [4.69, 9.17) is 16.3 Å². The first kappa shape index (κ1) is 21.5. The summed E-state index contributed by atoms with van der Waals surface area (Å²) in [6.07, 6.45) is -0.338. The van der Waals surface area contributed by atoms with Crippen LogP contribution in [0.1, 0.15) is 47.8 Å². The van der Waals surface area contributed by atoms with E-state index >= 15 is 0 Å². The van der Waals surface area contributed by atoms with Crippen LogP contribution >= 0.6 is 11.6 Å². The van der Waals surface area contributed by atoms with E-state index in [1.165, 1.54) is 0 Å². The number of carbonyl (C=O) groups is 2. The van der Waals surface area contributed by atoms with Crippen molar-refractivity contribution in [2.45, 2.75) is 45.4 Å². The summed E-state index contributed by atoms with van der Waals surface area (Å²) in [5.41, 5.74) is 3.50. The fourth-order valence-corrected chi connectivity index (χ4v) is 4.48. The Morgan fingerprint density at radius 3 is 2.58 bits per heavy atom. The number of amides is 2. The summed E-state index contributed by atoms with van der Waals surface area (Å²) >= 11 is 6.42. The number of ether oxygens (including phenoxy) is 1. The van der Waals surface area contributed by atoms with Gasteiger partial charge >= 0.3 is 6.09 Å². The molecule has 2 aliphatic rings. The molecule has 0 atom stereocenters. The zero-order valence-electron chi connectivity index (χ0n) is 18.6. The molecule has 6 nitrogen and oxygen atoms in total. The van der Waals surface area contributed by atoms with Crippen LogP contribution in [0.2, 0.25) is 5.02 Å². The first-order valence-electron chi connectivity index (χ1n) is 10.4. The normalized spacial score (nSPS) is 17.3. The number of hydrogen-bond donors (Lipinski definition) is 1. The molecular weight excluding hydrogens is 414 g/mol. The van der Waals surface area contributed by atoms with Crippen molar-refractivity contribution in [1.29, 1.82) is 0 Å². The lowest BCUT2D eigenvalue weighted by Gasteiger charge is -2.51. The molecule has 1 fully saturated rings. The van der Waals surface area contributed by atoms with Gasteiger partial charge in [-0.3, -0.25) is 4.79 Å². The van der Waals surface area contributed by atoms with Crippen molar-refractivity contribution in [3.8, 4) is 0 Å². The van der Waals surface area contributed by atoms with E-state index in [0.717, 1.165) is 22.4 Å². The molecular formula is C24H28ClN3O3. The van der Waals surface area contributed by atoms with Gasteiger partial charge in [-0.2, -0.15) is 0 Å². The van der Waals surface area contributed by atoms with Gasteiger partial charge in [0.05, 0.1) is 18.6 Å². The Labute approximate surface area is 188 Å². The highest BCUT2D eigenvalue weighted by Crippen LogP contribution is 2.40. The van der Waals surface area contributed by atoms with Crippen molar-refractivity contribution < 1.29 is 14.3 Å². The summed E-state index contributed by atoms with van der Waals surface area (Å²) in [4.78, 5) is 28.4. The molecule has 7 heteroatoms. The highest BCUT2D eigenvalue weighted by molar-refractivity contribution is 6.31. The average Bonchev–Trinajstić information content (AvgIpc) is 2.93. The molecule has 1 saturated heterocycles. The van der Waals surface area contributed by atoms with Crippen molar-refractivity contribution in [2.75, 3.05) is 25.5 Å². The quantitative estimate of drug-likeness (QED) is 0.743. The minimum atomic E-state index is -0.554. The molecule has 2 heterocycles. The van der Waals surface area contributed by atoms with Gasteiger partial charge in [-0.25, -0.2) is 4.79 Å². The zero-order valence-corrected chi connectivity index (χ0v) is 19.3. The number of anilines is 1. The molecule has 0 bridgehead atoms. The second-order valence-corrected chi connectivity index (χ2v) is 9.90. The molecule has 1 N–H and O–H groups in total. The van der Waals surface area contributed by atoms with Crippen molar-refractivity contribution >= 4 is 29.3 Å². The maximum atomic E-state index is 12.6. The maximum Gasteiger partial charge on any atom is 0.410 e. The number of nitrogens with zero attached hydrogens (tertiary/aromatic N) is 2. The van der Waals surface area contributed by atoms with Gasteiger partial charge in [0, 0.05) is 29.9 Å². The van der Waals surface area contributed by atoms with Gasteiger partial charge in [-0.1, -0.05) is 29.8 Å². The molecule has 2 amide bonds. The molecule has 0 radical (unpaired) electrons. The summed E-state index contributed by atoms with van der Waals surface area (Å²) < 4.78 is 5.54. The van der Waals surface area contributed by atoms with Crippen molar-refractivity contribution in [1.82, 2.24) is 9.80 Å². The summed E-state index contributed by atoms with van der Waals surface area (Å²) in [7, 11) is 1.80. The van der Waals surface area contributed by atoms with Crippen LogP contribution < -0.4 is 5.32 Å². The van der Waals surface area contributed by atoms with Gasteiger partial charge in [0.15, 0.2) is 0 Å². The number of nitrogens with one attached hydrogen (secondary N) is 1. The van der Waals surface area contributed by atoms with Crippen LogP contribution in [0.3, 0.4) is 0 Å². The molecule has 0 aromatic heterocycles. The van der Waals surface area contributed by atoms with Gasteiger partial charge in [0.2, 0.25) is 0 Å². The Hall–Kier alpha value is -2.73. The van der Waals surface area contributed by atoms with Crippen LogP contribution in [-0.2, 0) is 16.8 Å². The Morgan fingerprint density at radius 2 is 1.90 bits per heavy atom. The third-order valence-electron chi connectivity index (χ3n) is 5.83. The second-order valence-electron chi connectivity index (χ2n) is 9.49. The van der Waals surface area contributed by atoms with Gasteiger partial charge in [-0.15, -0.1) is 0 Å². The molecule has 0 saturated carbocycles. The highest BCUT2D eigenvalue weighted by Gasteiger charge is 2.49. The van der Waals surface area contributed by atoms with E-state index in [2.05, 4.69) is 5.32 Å². The molecule has 2 aromatic rings. The van der Waals surface area contributed by atoms with Crippen molar-refractivity contribution in [2.24, 2.45) is 0 Å². The van der Waals surface area contributed by atoms with E-state index in [1.807, 2.05) is 64.1 Å². The molecule has 31 heavy (non-hydrogen) atoms. The monoisotopic (exact) mass is 441 g/mol. The SMILES string of the molecule is Cc1c(Cl)cccc1C1(Nc2ccc3c(c2)C(=O)N(C)C3)CN(C(=O)OC(C)(C)C)C1. The van der Waals surface area contributed by atoms with E-state index in [9.17, 15) is 9.59 Å². The lowest BCUT2D eigenvalue weighted by molar-refractivity contribution is -0.00490. The van der Waals surface area contributed by atoms with E-state index in [0.29, 0.717) is 30.2 Å². The topological polar surface area (TPSA) is 61.9 Å². The summed E-state index contributed by atoms with van der Waals surface area (Å²) in [5, 5.41) is 4.29. The smallest absolute Gasteiger partial charge is 0.410 e. The lowest BCUT2D eigenvalue weighted by Crippen LogP contribution is -2.65. The zero-order chi connectivity index (χ0) is 22.6. The number of fused-ring (bicyclic) bond motifs is 1. The number of halogens is 1. The minimum Gasteiger partial charge on any atom is -0.444 e. The van der Waals surface area contributed by atoms with Crippen LogP contribution in [0, 0.1) is 6.92 Å². The first-order chi connectivity index (χ1) is 14.5. The number of benzene rings is 2. The number of likely N-dealkylation sites (tertiary alicyclic amines) is 1. The van der Waals surface area contributed by atoms with Gasteiger partial charge in [-0.05, 0) is 62.6 Å². The highest BCUT2D eigenvalue weighted by atomic mass is 35.5. The third kappa shape index (κ3) is 3.97. The molecule has 0 spiro atoms. The Balaban J connectivity index is 1.65. The predicted molar refractivity (Wildman–Crippen MR) is 122 cm³/mol. The van der Waals surface area contributed by atoms with Crippen molar-refractivity contribution in [3.05, 3.63) is 63.7 Å². The lowest BCUT2D eigenvalue weighted by atomic mass is 9.80. The minimum absolute atomic E-state index is 0.0237. The van der Waals surface area contributed by atoms with Crippen LogP contribution in [0.5, 0.6) is 0 Å². The summed E-state index contributed by atoms with van der Waals surface area (Å²) in [5.74, 6) is 0.0237. The Bertz CT molecular complexity index is 1050. The molecule has 164 valence electrons. The fraction of sp³-hybridized carbons (Fsp3) is 0.417. The average molecular weight is 442 g/mol. The molecule has 0 aliphatic carbocycles.